The lowest BCUT2D eigenvalue weighted by Crippen LogP contribution is -2.65. The van der Waals surface area contributed by atoms with E-state index in [2.05, 4.69) is 72.0 Å². The molecular formula is C28H30F3N3. The van der Waals surface area contributed by atoms with Crippen LogP contribution >= 0.6 is 0 Å². The van der Waals surface area contributed by atoms with Gasteiger partial charge in [-0.25, -0.2) is 4.99 Å². The summed E-state index contributed by atoms with van der Waals surface area (Å²) in [5, 5.41) is 0. The van der Waals surface area contributed by atoms with Gasteiger partial charge in [0.25, 0.3) is 0 Å². The molecule has 1 aromatic carbocycles. The Morgan fingerprint density at radius 1 is 1.12 bits per heavy atom. The summed E-state index contributed by atoms with van der Waals surface area (Å²) in [5.74, 6) is 0.744. The number of fused-ring (bicyclic) bond motifs is 7. The summed E-state index contributed by atoms with van der Waals surface area (Å²) < 4.78 is 41.5. The van der Waals surface area contributed by atoms with Crippen LogP contribution in [-0.2, 0) is 0 Å². The van der Waals surface area contributed by atoms with Gasteiger partial charge in [0.2, 0.25) is 0 Å². The van der Waals surface area contributed by atoms with E-state index in [1.807, 2.05) is 12.1 Å². The molecule has 3 heterocycles. The summed E-state index contributed by atoms with van der Waals surface area (Å²) in [6.45, 7) is 6.55. The van der Waals surface area contributed by atoms with Crippen molar-refractivity contribution in [3.05, 3.63) is 77.2 Å². The van der Waals surface area contributed by atoms with Gasteiger partial charge >= 0.3 is 6.18 Å². The van der Waals surface area contributed by atoms with E-state index < -0.39 is 17.8 Å². The van der Waals surface area contributed by atoms with E-state index in [1.54, 1.807) is 0 Å². The van der Waals surface area contributed by atoms with Gasteiger partial charge < -0.3 is 9.80 Å². The van der Waals surface area contributed by atoms with Crippen molar-refractivity contribution in [3.8, 4) is 0 Å². The predicted octanol–water partition coefficient (Wildman–Crippen LogP) is 7.04. The molecule has 3 nitrogen and oxygen atoms in total. The van der Waals surface area contributed by atoms with Crippen molar-refractivity contribution in [3.63, 3.8) is 0 Å². The first kappa shape index (κ1) is 21.8. The second kappa shape index (κ2) is 7.12. The van der Waals surface area contributed by atoms with Gasteiger partial charge in [-0.3, -0.25) is 0 Å². The van der Waals surface area contributed by atoms with Gasteiger partial charge in [-0.05, 0) is 49.8 Å². The number of amidine groups is 1. The van der Waals surface area contributed by atoms with Crippen LogP contribution in [0.4, 0.5) is 18.9 Å². The van der Waals surface area contributed by atoms with Crippen molar-refractivity contribution < 1.29 is 13.2 Å². The molecular weight excluding hydrogens is 435 g/mol. The molecule has 1 aromatic rings. The van der Waals surface area contributed by atoms with E-state index in [9.17, 15) is 13.2 Å². The van der Waals surface area contributed by atoms with Crippen molar-refractivity contribution in [1.29, 1.82) is 0 Å². The van der Waals surface area contributed by atoms with Gasteiger partial charge in [-0.15, -0.1) is 0 Å². The van der Waals surface area contributed by atoms with Crippen molar-refractivity contribution in [1.82, 2.24) is 4.90 Å². The monoisotopic (exact) mass is 465 g/mol. The van der Waals surface area contributed by atoms with Crippen LogP contribution in [0.3, 0.4) is 0 Å². The van der Waals surface area contributed by atoms with Gasteiger partial charge in [-0.1, -0.05) is 56.4 Å². The van der Waals surface area contributed by atoms with E-state index in [1.165, 1.54) is 11.3 Å². The topological polar surface area (TPSA) is 18.8 Å². The normalized spacial score (nSPS) is 33.6. The zero-order valence-corrected chi connectivity index (χ0v) is 19.9. The molecule has 0 saturated carbocycles. The minimum Gasteiger partial charge on any atom is -0.343 e. The molecule has 34 heavy (non-hydrogen) atoms. The molecule has 4 unspecified atom stereocenters. The second-order valence-electron chi connectivity index (χ2n) is 10.2. The standard InChI is InChI=1S/C28H30F3N3/c1-4-26-14-15-27(26,5-2)25-33(22-13-9-7-11-20(22)26)23-16-19(28(29,30)31)17-32-24(23)34(25)21-12-8-6-10-18(21)3/h6-8,10-12,14-15,17,23,25H,4-5,9,13,16H2,1-3H3. The van der Waals surface area contributed by atoms with Crippen LogP contribution in [0.2, 0.25) is 0 Å². The van der Waals surface area contributed by atoms with Crippen LogP contribution in [0.1, 0.15) is 51.5 Å². The number of hydrogen-bond acceptors (Lipinski definition) is 3. The summed E-state index contributed by atoms with van der Waals surface area (Å²) in [4.78, 5) is 9.17. The number of rotatable bonds is 3. The Labute approximate surface area is 199 Å². The fraction of sp³-hybridized carbons (Fsp3) is 0.464. The van der Waals surface area contributed by atoms with Gasteiger partial charge in [0.15, 0.2) is 0 Å². The number of allylic oxidation sites excluding steroid dienone is 5. The number of benzene rings is 1. The smallest absolute Gasteiger partial charge is 0.343 e. The predicted molar refractivity (Wildman–Crippen MR) is 129 cm³/mol. The highest BCUT2D eigenvalue weighted by molar-refractivity contribution is 6.06. The minimum absolute atomic E-state index is 0.0651. The molecule has 0 aromatic heterocycles. The molecule has 4 atom stereocenters. The third-order valence-electron chi connectivity index (χ3n) is 8.93. The number of aryl methyl sites for hydroxylation is 1. The molecule has 0 N–H and O–H groups in total. The van der Waals surface area contributed by atoms with Crippen LogP contribution in [0.5, 0.6) is 0 Å². The second-order valence-corrected chi connectivity index (χ2v) is 10.2. The number of para-hydroxylation sites is 1. The van der Waals surface area contributed by atoms with Crippen molar-refractivity contribution >= 4 is 11.5 Å². The van der Waals surface area contributed by atoms with Crippen molar-refractivity contribution in [2.24, 2.45) is 15.8 Å². The Bertz CT molecular complexity index is 1200. The average molecular weight is 466 g/mol. The molecule has 1 fully saturated rings. The molecule has 6 heteroatoms. The molecule has 3 aliphatic heterocycles. The summed E-state index contributed by atoms with van der Waals surface area (Å²) in [6, 6.07) is 7.77. The number of anilines is 1. The summed E-state index contributed by atoms with van der Waals surface area (Å²) in [5.41, 5.74) is 3.80. The number of halogens is 3. The molecule has 0 amide bonds. The van der Waals surface area contributed by atoms with E-state index in [0.717, 1.165) is 49.0 Å². The van der Waals surface area contributed by atoms with Crippen molar-refractivity contribution in [2.75, 3.05) is 4.90 Å². The zero-order valence-electron chi connectivity index (χ0n) is 19.9. The maximum Gasteiger partial charge on any atom is 0.414 e. The highest BCUT2D eigenvalue weighted by Crippen LogP contribution is 2.68. The lowest BCUT2D eigenvalue weighted by molar-refractivity contribution is -0.0961. The molecule has 0 spiro atoms. The van der Waals surface area contributed by atoms with E-state index >= 15 is 0 Å². The number of nitrogens with zero attached hydrogens (tertiary/aromatic N) is 3. The van der Waals surface area contributed by atoms with Crippen LogP contribution in [-0.4, -0.2) is 29.1 Å². The maximum absolute atomic E-state index is 13.8. The first-order chi connectivity index (χ1) is 16.3. The van der Waals surface area contributed by atoms with Gasteiger partial charge in [-0.2, -0.15) is 13.2 Å². The van der Waals surface area contributed by atoms with Crippen LogP contribution in [0.15, 0.2) is 76.6 Å². The Hall–Kier alpha value is -2.76. The fourth-order valence-electron chi connectivity index (χ4n) is 7.28. The largest absolute Gasteiger partial charge is 0.414 e. The summed E-state index contributed by atoms with van der Waals surface area (Å²) in [7, 11) is 0. The Balaban J connectivity index is 1.63. The zero-order chi connectivity index (χ0) is 23.9. The van der Waals surface area contributed by atoms with Crippen LogP contribution in [0, 0.1) is 17.8 Å². The van der Waals surface area contributed by atoms with Crippen molar-refractivity contribution in [2.45, 2.75) is 71.3 Å². The highest BCUT2D eigenvalue weighted by Gasteiger charge is 2.68. The van der Waals surface area contributed by atoms with Gasteiger partial charge in [0.05, 0.1) is 11.6 Å². The number of hydrogen-bond donors (Lipinski definition) is 0. The number of aliphatic imine (C=N–C) groups is 1. The van der Waals surface area contributed by atoms with Gasteiger partial charge in [0, 0.05) is 34.8 Å². The van der Waals surface area contributed by atoms with Crippen LogP contribution in [0.25, 0.3) is 0 Å². The molecule has 0 bridgehead atoms. The lowest BCUT2D eigenvalue weighted by Gasteiger charge is -2.65. The van der Waals surface area contributed by atoms with Gasteiger partial charge in [0.1, 0.15) is 12.0 Å². The third kappa shape index (κ3) is 2.52. The quantitative estimate of drug-likeness (QED) is 0.446. The SMILES string of the molecule is CCC12C=CC1(CC)C1N(c3ccccc3C)C3=NC=C(C(F)(F)F)CC3N1C1=C2C=CCC1. The minimum atomic E-state index is -4.37. The Kier molecular flexibility index (Phi) is 4.56. The fourth-order valence-corrected chi connectivity index (χ4v) is 7.28. The van der Waals surface area contributed by atoms with E-state index in [0.29, 0.717) is 0 Å². The third-order valence-corrected chi connectivity index (χ3v) is 8.93. The molecule has 5 aliphatic rings. The lowest BCUT2D eigenvalue weighted by atomic mass is 9.46. The summed E-state index contributed by atoms with van der Waals surface area (Å²) >= 11 is 0. The van der Waals surface area contributed by atoms with E-state index in [4.69, 9.17) is 0 Å². The molecule has 1 saturated heterocycles. The first-order valence-corrected chi connectivity index (χ1v) is 12.4. The van der Waals surface area contributed by atoms with Crippen LogP contribution < -0.4 is 4.90 Å². The maximum atomic E-state index is 13.8. The summed E-state index contributed by atoms with van der Waals surface area (Å²) in [6.07, 6.45) is 9.35. The Morgan fingerprint density at radius 2 is 1.91 bits per heavy atom. The molecule has 6 rings (SSSR count). The Morgan fingerprint density at radius 3 is 2.56 bits per heavy atom. The molecule has 2 aliphatic carbocycles. The average Bonchev–Trinajstić information content (AvgIpc) is 3.14. The van der Waals surface area contributed by atoms with E-state index in [-0.39, 0.29) is 23.4 Å². The first-order valence-electron chi connectivity index (χ1n) is 12.4. The number of alkyl halides is 3. The molecule has 178 valence electrons. The molecule has 0 radical (unpaired) electrons. The highest BCUT2D eigenvalue weighted by atomic mass is 19.4.